The fourth-order valence-corrected chi connectivity index (χ4v) is 2.94. The van der Waals surface area contributed by atoms with Gasteiger partial charge in [0.15, 0.2) is 6.29 Å². The number of halogens is 1. The molecule has 132 valence electrons. The molecule has 1 N–H and O–H groups in total. The number of aldehydes is 1. The number of benzene rings is 1. The number of nitrogens with zero attached hydrogens (tertiary/aromatic N) is 1. The number of aliphatic hydroxyl groups excluding tert-OH is 1. The van der Waals surface area contributed by atoms with Gasteiger partial charge >= 0.3 is 6.09 Å². The second kappa shape index (κ2) is 7.69. The largest absolute Gasteiger partial charge is 0.487 e. The van der Waals surface area contributed by atoms with Crippen molar-refractivity contribution in [3.8, 4) is 5.75 Å². The summed E-state index contributed by atoms with van der Waals surface area (Å²) in [6.07, 6.45) is -0.556. The molecule has 6 nitrogen and oxygen atoms in total. The lowest BCUT2D eigenvalue weighted by atomic mass is 10.0. The van der Waals surface area contributed by atoms with E-state index in [-0.39, 0.29) is 6.54 Å². The van der Waals surface area contributed by atoms with E-state index in [0.717, 1.165) is 9.86 Å². The minimum absolute atomic E-state index is 0.139. The topological polar surface area (TPSA) is 76.1 Å². The summed E-state index contributed by atoms with van der Waals surface area (Å²) in [5.41, 5.74) is -0.126. The maximum atomic E-state index is 12.1. The first-order valence-electron chi connectivity index (χ1n) is 7.77. The first kappa shape index (κ1) is 19.0. The van der Waals surface area contributed by atoms with Crippen molar-refractivity contribution >= 4 is 35.0 Å². The van der Waals surface area contributed by atoms with Gasteiger partial charge in [0.05, 0.1) is 12.1 Å². The number of piperidine rings is 1. The van der Waals surface area contributed by atoms with Gasteiger partial charge in [0, 0.05) is 16.5 Å². The summed E-state index contributed by atoms with van der Waals surface area (Å²) in [6, 6.07) is 5.29. The van der Waals surface area contributed by atoms with Gasteiger partial charge in [0.25, 0.3) is 0 Å². The van der Waals surface area contributed by atoms with Gasteiger partial charge in [0.1, 0.15) is 23.6 Å². The second-order valence-corrected chi connectivity index (χ2v) is 7.98. The highest BCUT2D eigenvalue weighted by molar-refractivity contribution is 14.1. The van der Waals surface area contributed by atoms with Gasteiger partial charge in [-0.3, -0.25) is 4.79 Å². The first-order valence-corrected chi connectivity index (χ1v) is 8.85. The highest BCUT2D eigenvalue weighted by atomic mass is 127. The molecule has 2 rings (SSSR count). The molecule has 0 aromatic heterocycles. The van der Waals surface area contributed by atoms with Crippen molar-refractivity contribution in [3.05, 3.63) is 27.3 Å². The summed E-state index contributed by atoms with van der Waals surface area (Å²) in [6.45, 7) is 5.97. The summed E-state index contributed by atoms with van der Waals surface area (Å²) < 4.78 is 12.1. The zero-order valence-electron chi connectivity index (χ0n) is 14.0. The number of likely N-dealkylation sites (tertiary alicyclic amines) is 1. The second-order valence-electron chi connectivity index (χ2n) is 6.74. The summed E-state index contributed by atoms with van der Waals surface area (Å²) in [7, 11) is 0. The molecule has 2 unspecified atom stereocenters. The fraction of sp³-hybridized carbons (Fsp3) is 0.529. The maximum absolute atomic E-state index is 12.1. The van der Waals surface area contributed by atoms with E-state index in [9.17, 15) is 14.7 Å². The highest BCUT2D eigenvalue weighted by Crippen LogP contribution is 2.25. The van der Waals surface area contributed by atoms with Gasteiger partial charge in [-0.25, -0.2) is 4.79 Å². The molecule has 1 aliphatic heterocycles. The molecule has 1 fully saturated rings. The Morgan fingerprint density at radius 3 is 2.71 bits per heavy atom. The Morgan fingerprint density at radius 1 is 1.42 bits per heavy atom. The number of β-amino-alcohol motifs (C(OH)–C–C–N with tert-alkyl or cyclic N) is 1. The molecule has 1 aromatic carbocycles. The first-order chi connectivity index (χ1) is 11.2. The Hall–Kier alpha value is -1.35. The molecule has 1 saturated heterocycles. The van der Waals surface area contributed by atoms with Crippen molar-refractivity contribution in [3.63, 3.8) is 0 Å². The number of ether oxygens (including phenoxy) is 2. The summed E-state index contributed by atoms with van der Waals surface area (Å²) in [4.78, 5) is 24.7. The van der Waals surface area contributed by atoms with Crippen LogP contribution in [0.25, 0.3) is 0 Å². The van der Waals surface area contributed by atoms with Crippen LogP contribution >= 0.6 is 22.6 Å². The van der Waals surface area contributed by atoms with Crippen LogP contribution in [0.3, 0.4) is 0 Å². The minimum Gasteiger partial charge on any atom is -0.487 e. The molecule has 0 saturated carbocycles. The number of hydrogen-bond donors (Lipinski definition) is 1. The minimum atomic E-state index is -0.843. The molecule has 0 spiro atoms. The number of rotatable bonds is 3. The van der Waals surface area contributed by atoms with Crippen molar-refractivity contribution in [1.29, 1.82) is 0 Å². The van der Waals surface area contributed by atoms with E-state index in [0.29, 0.717) is 24.3 Å². The average molecular weight is 447 g/mol. The van der Waals surface area contributed by atoms with E-state index in [1.165, 1.54) is 4.90 Å². The summed E-state index contributed by atoms with van der Waals surface area (Å²) in [5, 5.41) is 10.3. The SMILES string of the molecule is CC(C)(C)OC(=O)N1CCC(Oc2ccc(I)cc2C=O)C(O)C1. The molecule has 0 aliphatic carbocycles. The van der Waals surface area contributed by atoms with Crippen LogP contribution in [-0.4, -0.2) is 53.3 Å². The van der Waals surface area contributed by atoms with Crippen LogP contribution in [0.15, 0.2) is 18.2 Å². The van der Waals surface area contributed by atoms with Crippen molar-refractivity contribution in [1.82, 2.24) is 4.90 Å². The third-order valence-electron chi connectivity index (χ3n) is 3.55. The van der Waals surface area contributed by atoms with E-state index in [4.69, 9.17) is 9.47 Å². The summed E-state index contributed by atoms with van der Waals surface area (Å²) in [5.74, 6) is 0.445. The molecule has 1 aliphatic rings. The van der Waals surface area contributed by atoms with Crippen LogP contribution in [0.5, 0.6) is 5.75 Å². The lowest BCUT2D eigenvalue weighted by Crippen LogP contribution is -2.52. The van der Waals surface area contributed by atoms with Crippen LogP contribution in [-0.2, 0) is 4.74 Å². The van der Waals surface area contributed by atoms with Crippen molar-refractivity contribution in [2.24, 2.45) is 0 Å². The normalized spacial score (nSPS) is 21.3. The number of amides is 1. The maximum Gasteiger partial charge on any atom is 0.410 e. The molecule has 0 radical (unpaired) electrons. The monoisotopic (exact) mass is 447 g/mol. The molecular weight excluding hydrogens is 425 g/mol. The molecule has 2 atom stereocenters. The van der Waals surface area contributed by atoms with Gasteiger partial charge in [-0.15, -0.1) is 0 Å². The molecular formula is C17H22INO5. The molecule has 1 heterocycles. The Kier molecular flexibility index (Phi) is 6.08. The predicted octanol–water partition coefficient (Wildman–Crippen LogP) is 2.85. The average Bonchev–Trinajstić information content (AvgIpc) is 2.49. The molecule has 1 amide bonds. The van der Waals surface area contributed by atoms with Crippen molar-refractivity contribution in [2.45, 2.75) is 45.0 Å². The van der Waals surface area contributed by atoms with E-state index >= 15 is 0 Å². The highest BCUT2D eigenvalue weighted by Gasteiger charge is 2.34. The number of hydrogen-bond acceptors (Lipinski definition) is 5. The van der Waals surface area contributed by atoms with Gasteiger partial charge in [-0.2, -0.15) is 0 Å². The van der Waals surface area contributed by atoms with Crippen LogP contribution in [0, 0.1) is 3.57 Å². The number of carbonyl (C=O) groups is 2. The summed E-state index contributed by atoms with van der Waals surface area (Å²) >= 11 is 2.12. The van der Waals surface area contributed by atoms with Crippen LogP contribution in [0.2, 0.25) is 0 Å². The van der Waals surface area contributed by atoms with Gasteiger partial charge in [-0.05, 0) is 61.6 Å². The van der Waals surface area contributed by atoms with E-state index in [1.807, 2.05) is 6.07 Å². The van der Waals surface area contributed by atoms with Gasteiger partial charge < -0.3 is 19.5 Å². The zero-order valence-corrected chi connectivity index (χ0v) is 16.1. The standard InChI is InChI=1S/C17H22INO5/c1-17(2,3)24-16(22)19-7-6-15(13(21)9-19)23-14-5-4-12(18)8-11(14)10-20/h4-5,8,10,13,15,21H,6-7,9H2,1-3H3. The Labute approximate surface area is 155 Å². The lowest BCUT2D eigenvalue weighted by molar-refractivity contribution is -0.0375. The Bertz CT molecular complexity index is 613. The van der Waals surface area contributed by atoms with Crippen LogP contribution < -0.4 is 4.74 Å². The number of carbonyl (C=O) groups excluding carboxylic acids is 2. The smallest absolute Gasteiger partial charge is 0.410 e. The lowest BCUT2D eigenvalue weighted by Gasteiger charge is -2.36. The Balaban J connectivity index is 1.99. The van der Waals surface area contributed by atoms with E-state index in [1.54, 1.807) is 32.9 Å². The zero-order chi connectivity index (χ0) is 17.9. The molecule has 24 heavy (non-hydrogen) atoms. The van der Waals surface area contributed by atoms with Crippen molar-refractivity contribution < 1.29 is 24.2 Å². The molecule has 1 aromatic rings. The van der Waals surface area contributed by atoms with Gasteiger partial charge in [-0.1, -0.05) is 0 Å². The van der Waals surface area contributed by atoms with Gasteiger partial charge in [0.2, 0.25) is 0 Å². The quantitative estimate of drug-likeness (QED) is 0.570. The van der Waals surface area contributed by atoms with E-state index in [2.05, 4.69) is 22.6 Å². The fourth-order valence-electron chi connectivity index (χ4n) is 2.42. The Morgan fingerprint density at radius 2 is 2.12 bits per heavy atom. The van der Waals surface area contributed by atoms with E-state index < -0.39 is 23.9 Å². The molecule has 0 bridgehead atoms. The molecule has 7 heteroatoms. The van der Waals surface area contributed by atoms with Crippen molar-refractivity contribution in [2.75, 3.05) is 13.1 Å². The third-order valence-corrected chi connectivity index (χ3v) is 4.22. The van der Waals surface area contributed by atoms with Crippen LogP contribution in [0.4, 0.5) is 4.79 Å². The number of aliphatic hydroxyl groups is 1. The van der Waals surface area contributed by atoms with Crippen LogP contribution in [0.1, 0.15) is 37.6 Å². The third kappa shape index (κ3) is 5.07. The predicted molar refractivity (Wildman–Crippen MR) is 97.4 cm³/mol.